The lowest BCUT2D eigenvalue weighted by molar-refractivity contribution is -0.0497. The molecule has 0 saturated carbocycles. The van der Waals surface area contributed by atoms with Gasteiger partial charge < -0.3 is 20.3 Å². The Balaban J connectivity index is 1.36. The highest BCUT2D eigenvalue weighted by Gasteiger charge is 2.48. The molecule has 0 amide bonds. The van der Waals surface area contributed by atoms with Crippen LogP contribution in [0.5, 0.6) is 5.75 Å². The minimum atomic E-state index is -2.83. The number of rotatable bonds is 4. The molecule has 1 aromatic carbocycles. The Kier molecular flexibility index (Phi) is 3.79. The van der Waals surface area contributed by atoms with E-state index in [0.29, 0.717) is 11.7 Å². The normalized spacial score (nSPS) is 29.4. The van der Waals surface area contributed by atoms with E-state index in [9.17, 15) is 8.78 Å². The number of ether oxygens (including phenoxy) is 1. The van der Waals surface area contributed by atoms with Crippen LogP contribution in [0.15, 0.2) is 30.1 Å². The fourth-order valence-electron chi connectivity index (χ4n) is 4.91. The molecule has 0 aliphatic carbocycles. The first-order valence-corrected chi connectivity index (χ1v) is 9.42. The van der Waals surface area contributed by atoms with Crippen LogP contribution < -0.4 is 15.4 Å². The highest BCUT2D eigenvalue weighted by atomic mass is 19.3. The molecule has 8 heteroatoms. The predicted molar refractivity (Wildman–Crippen MR) is 98.7 cm³/mol. The van der Waals surface area contributed by atoms with Crippen molar-refractivity contribution < 1.29 is 13.5 Å². The van der Waals surface area contributed by atoms with Crippen LogP contribution in [-0.2, 0) is 7.05 Å². The second kappa shape index (κ2) is 6.09. The van der Waals surface area contributed by atoms with Crippen molar-refractivity contribution in [3.05, 3.63) is 30.1 Å². The van der Waals surface area contributed by atoms with Crippen LogP contribution in [0.25, 0.3) is 10.9 Å². The quantitative estimate of drug-likeness (QED) is 0.861. The molecule has 0 unspecified atom stereocenters. The molecule has 27 heavy (non-hydrogen) atoms. The zero-order valence-electron chi connectivity index (χ0n) is 15.2. The van der Waals surface area contributed by atoms with Gasteiger partial charge in [0, 0.05) is 25.0 Å². The zero-order valence-corrected chi connectivity index (χ0v) is 15.2. The van der Waals surface area contributed by atoms with Crippen molar-refractivity contribution in [2.75, 3.05) is 25.0 Å². The number of nitrogens with one attached hydrogen (secondary N) is 2. The average molecular weight is 375 g/mol. The summed E-state index contributed by atoms with van der Waals surface area (Å²) < 4.78 is 31.1. The van der Waals surface area contributed by atoms with Crippen LogP contribution in [0, 0.1) is 5.92 Å². The van der Waals surface area contributed by atoms with Crippen LogP contribution in [0.4, 0.5) is 14.6 Å². The maximum absolute atomic E-state index is 12.5. The van der Waals surface area contributed by atoms with Crippen molar-refractivity contribution in [2.24, 2.45) is 13.0 Å². The first-order valence-electron chi connectivity index (χ1n) is 9.42. The van der Waals surface area contributed by atoms with E-state index >= 15 is 0 Å². The van der Waals surface area contributed by atoms with E-state index in [2.05, 4.69) is 31.4 Å². The van der Waals surface area contributed by atoms with Crippen molar-refractivity contribution in [3.8, 4) is 5.75 Å². The van der Waals surface area contributed by atoms with E-state index in [1.54, 1.807) is 29.9 Å². The SMILES string of the molecule is Cn1nc(NC2=CC[C@@]3(CN4CCC3CC4)N2)c2ccc(OC(F)F)cc21. The molecule has 2 aromatic rings. The lowest BCUT2D eigenvalue weighted by Gasteiger charge is -2.52. The maximum atomic E-state index is 12.5. The largest absolute Gasteiger partial charge is 0.435 e. The number of alkyl halides is 2. The molecule has 2 N–H and O–H groups in total. The molecule has 0 radical (unpaired) electrons. The number of aromatic nitrogens is 2. The van der Waals surface area contributed by atoms with Crippen LogP contribution >= 0.6 is 0 Å². The van der Waals surface area contributed by atoms with E-state index in [0.717, 1.165) is 29.7 Å². The van der Waals surface area contributed by atoms with E-state index in [1.807, 2.05) is 0 Å². The first-order chi connectivity index (χ1) is 13.0. The van der Waals surface area contributed by atoms with Gasteiger partial charge in [0.25, 0.3) is 0 Å². The van der Waals surface area contributed by atoms with Gasteiger partial charge in [-0.05, 0) is 56.5 Å². The molecule has 2 bridgehead atoms. The number of benzene rings is 1. The Morgan fingerprint density at radius 3 is 2.85 bits per heavy atom. The van der Waals surface area contributed by atoms with Crippen LogP contribution in [0.1, 0.15) is 19.3 Å². The topological polar surface area (TPSA) is 54.4 Å². The summed E-state index contributed by atoms with van der Waals surface area (Å²) in [4.78, 5) is 2.55. The first kappa shape index (κ1) is 16.8. The average Bonchev–Trinajstić information content (AvgIpc) is 3.17. The Labute approximate surface area is 156 Å². The molecule has 3 fully saturated rings. The molecular weight excluding hydrogens is 352 g/mol. The number of halogens is 2. The molecule has 3 saturated heterocycles. The summed E-state index contributed by atoms with van der Waals surface area (Å²) >= 11 is 0. The molecule has 144 valence electrons. The summed E-state index contributed by atoms with van der Waals surface area (Å²) in [5, 5.41) is 12.5. The zero-order chi connectivity index (χ0) is 18.6. The Bertz CT molecular complexity index is 903. The summed E-state index contributed by atoms with van der Waals surface area (Å²) in [5.41, 5.74) is 0.883. The van der Waals surface area contributed by atoms with Crippen molar-refractivity contribution in [2.45, 2.75) is 31.4 Å². The minimum absolute atomic E-state index is 0.136. The van der Waals surface area contributed by atoms with E-state index in [1.165, 1.54) is 25.9 Å². The third-order valence-corrected chi connectivity index (χ3v) is 6.23. The molecule has 4 aliphatic rings. The van der Waals surface area contributed by atoms with Gasteiger partial charge in [0.15, 0.2) is 5.82 Å². The van der Waals surface area contributed by atoms with Gasteiger partial charge in [-0.1, -0.05) is 0 Å². The Morgan fingerprint density at radius 2 is 2.15 bits per heavy atom. The van der Waals surface area contributed by atoms with Gasteiger partial charge in [-0.15, -0.1) is 0 Å². The summed E-state index contributed by atoms with van der Waals surface area (Å²) in [6, 6.07) is 4.90. The molecule has 6 nitrogen and oxygen atoms in total. The van der Waals surface area contributed by atoms with Gasteiger partial charge in [-0.2, -0.15) is 13.9 Å². The van der Waals surface area contributed by atoms with E-state index in [-0.39, 0.29) is 11.3 Å². The van der Waals surface area contributed by atoms with Gasteiger partial charge in [0.1, 0.15) is 11.6 Å². The molecule has 1 spiro atoms. The lowest BCUT2D eigenvalue weighted by Crippen LogP contribution is -2.64. The summed E-state index contributed by atoms with van der Waals surface area (Å²) in [5.74, 6) is 2.55. The van der Waals surface area contributed by atoms with Crippen LogP contribution in [0.2, 0.25) is 0 Å². The van der Waals surface area contributed by atoms with Gasteiger partial charge in [-0.3, -0.25) is 4.68 Å². The number of aryl methyl sites for hydroxylation is 1. The fourth-order valence-corrected chi connectivity index (χ4v) is 4.91. The van der Waals surface area contributed by atoms with Crippen molar-refractivity contribution in [3.63, 3.8) is 0 Å². The van der Waals surface area contributed by atoms with Gasteiger partial charge in [0.2, 0.25) is 0 Å². The molecule has 1 atom stereocenters. The molecule has 5 heterocycles. The van der Waals surface area contributed by atoms with Crippen molar-refractivity contribution in [1.82, 2.24) is 20.0 Å². The van der Waals surface area contributed by atoms with E-state index < -0.39 is 6.61 Å². The number of fused-ring (bicyclic) bond motifs is 3. The Morgan fingerprint density at radius 1 is 1.33 bits per heavy atom. The predicted octanol–water partition coefficient (Wildman–Crippen LogP) is 2.89. The van der Waals surface area contributed by atoms with Crippen LogP contribution in [0.3, 0.4) is 0 Å². The van der Waals surface area contributed by atoms with Crippen molar-refractivity contribution in [1.29, 1.82) is 0 Å². The molecule has 1 aromatic heterocycles. The third-order valence-electron chi connectivity index (χ3n) is 6.23. The third kappa shape index (κ3) is 2.82. The molecular formula is C19H23F2N5O. The number of anilines is 1. The van der Waals surface area contributed by atoms with Crippen LogP contribution in [-0.4, -0.2) is 46.5 Å². The maximum Gasteiger partial charge on any atom is 0.387 e. The van der Waals surface area contributed by atoms with Crippen molar-refractivity contribution >= 4 is 16.7 Å². The number of hydrogen-bond donors (Lipinski definition) is 2. The summed E-state index contributed by atoms with van der Waals surface area (Å²) in [6.07, 6.45) is 5.76. The van der Waals surface area contributed by atoms with Gasteiger partial charge >= 0.3 is 6.61 Å². The number of piperidine rings is 3. The minimum Gasteiger partial charge on any atom is -0.435 e. The fraction of sp³-hybridized carbons (Fsp3) is 0.526. The monoisotopic (exact) mass is 375 g/mol. The van der Waals surface area contributed by atoms with E-state index in [4.69, 9.17) is 0 Å². The smallest absolute Gasteiger partial charge is 0.387 e. The Hall–Kier alpha value is -2.35. The second-order valence-electron chi connectivity index (χ2n) is 7.81. The summed E-state index contributed by atoms with van der Waals surface area (Å²) in [6.45, 7) is 0.686. The van der Waals surface area contributed by atoms with Gasteiger partial charge in [0.05, 0.1) is 11.1 Å². The highest BCUT2D eigenvalue weighted by molar-refractivity contribution is 5.91. The number of hydrogen-bond acceptors (Lipinski definition) is 5. The number of nitrogens with zero attached hydrogens (tertiary/aromatic N) is 3. The summed E-state index contributed by atoms with van der Waals surface area (Å²) in [7, 11) is 1.80. The standard InChI is InChI=1S/C19H23F2N5O/c1-25-15-10-13(27-18(20)21)2-3-14(15)17(24-25)22-16-4-7-19(23-16)11-26-8-5-12(19)6-9-26/h2-4,10,12,18,23H,5-9,11H2,1H3,(H,22,24)/t19-/m0/s1. The highest BCUT2D eigenvalue weighted by Crippen LogP contribution is 2.41. The molecule has 4 aliphatic heterocycles. The van der Waals surface area contributed by atoms with Gasteiger partial charge in [-0.25, -0.2) is 0 Å². The molecule has 6 rings (SSSR count). The lowest BCUT2D eigenvalue weighted by atomic mass is 9.72. The second-order valence-corrected chi connectivity index (χ2v) is 7.81.